The first-order valence-corrected chi connectivity index (χ1v) is 8.75. The molecule has 3 aromatic heterocycles. The van der Waals surface area contributed by atoms with E-state index in [1.165, 1.54) is 4.68 Å². The Morgan fingerprint density at radius 2 is 1.96 bits per heavy atom. The molecule has 28 heavy (non-hydrogen) atoms. The first-order chi connectivity index (χ1) is 13.7. The highest BCUT2D eigenvalue weighted by Crippen LogP contribution is 2.10. The monoisotopic (exact) mass is 375 g/mol. The summed E-state index contributed by atoms with van der Waals surface area (Å²) in [5.41, 5.74) is 1.12. The Morgan fingerprint density at radius 3 is 2.82 bits per heavy atom. The number of carbonyl (C=O) groups excluding carboxylic acids is 1. The second-order valence-corrected chi connectivity index (χ2v) is 6.10. The summed E-state index contributed by atoms with van der Waals surface area (Å²) < 4.78 is 2.85. The lowest BCUT2D eigenvalue weighted by Crippen LogP contribution is -2.29. The predicted molar refractivity (Wildman–Crippen MR) is 102 cm³/mol. The Bertz CT molecular complexity index is 1170. The minimum absolute atomic E-state index is 0.115. The van der Waals surface area contributed by atoms with Crippen LogP contribution in [0.25, 0.3) is 16.7 Å². The second-order valence-electron chi connectivity index (χ2n) is 6.10. The normalized spacial score (nSPS) is 10.9. The van der Waals surface area contributed by atoms with E-state index in [-0.39, 0.29) is 24.4 Å². The highest BCUT2D eigenvalue weighted by molar-refractivity contribution is 5.77. The molecule has 3 heterocycles. The molecule has 0 spiro atoms. The number of fused-ring (bicyclic) bond motifs is 1. The number of amides is 1. The zero-order chi connectivity index (χ0) is 19.3. The van der Waals surface area contributed by atoms with Gasteiger partial charge in [0.05, 0.1) is 11.9 Å². The average molecular weight is 375 g/mol. The van der Waals surface area contributed by atoms with E-state index in [1.54, 1.807) is 59.7 Å². The number of aryl methyl sites for hydroxylation is 1. The summed E-state index contributed by atoms with van der Waals surface area (Å²) in [6, 6.07) is 12.5. The van der Waals surface area contributed by atoms with Crippen LogP contribution >= 0.6 is 0 Å². The highest BCUT2D eigenvalue weighted by atomic mass is 16.2. The van der Waals surface area contributed by atoms with Crippen molar-refractivity contribution in [2.75, 3.05) is 0 Å². The number of aromatic nitrogens is 6. The van der Waals surface area contributed by atoms with Crippen molar-refractivity contribution in [3.63, 3.8) is 0 Å². The molecule has 1 N–H and O–H groups in total. The Kier molecular flexibility index (Phi) is 4.87. The van der Waals surface area contributed by atoms with Crippen LogP contribution in [0.1, 0.15) is 12.0 Å². The van der Waals surface area contributed by atoms with Gasteiger partial charge in [-0.3, -0.25) is 9.59 Å². The molecule has 0 bridgehead atoms. The van der Waals surface area contributed by atoms with Crippen molar-refractivity contribution in [1.29, 1.82) is 0 Å². The molecule has 0 radical (unpaired) electrons. The standard InChI is InChI=1S/C19H17N7O2/c27-17(8-12-26-19(28)15-6-1-2-7-16(15)23-24-26)21-13-14-5-3-9-20-18(14)25-11-4-10-22-25/h1-7,9-11H,8,12-13H2,(H,21,27). The van der Waals surface area contributed by atoms with Gasteiger partial charge >= 0.3 is 0 Å². The number of hydrogen-bond donors (Lipinski definition) is 1. The van der Waals surface area contributed by atoms with Crippen LogP contribution < -0.4 is 10.9 Å². The van der Waals surface area contributed by atoms with E-state index in [0.717, 1.165) is 5.56 Å². The predicted octanol–water partition coefficient (Wildman–Crippen LogP) is 1.08. The van der Waals surface area contributed by atoms with Gasteiger partial charge in [-0.2, -0.15) is 5.10 Å². The molecule has 1 aromatic carbocycles. The van der Waals surface area contributed by atoms with Crippen LogP contribution in [0, 0.1) is 0 Å². The van der Waals surface area contributed by atoms with Gasteiger partial charge in [0.2, 0.25) is 5.91 Å². The molecule has 9 nitrogen and oxygen atoms in total. The maximum Gasteiger partial charge on any atom is 0.277 e. The minimum atomic E-state index is -0.258. The number of nitrogens with one attached hydrogen (secondary N) is 1. The van der Waals surface area contributed by atoms with E-state index in [4.69, 9.17) is 0 Å². The zero-order valence-corrected chi connectivity index (χ0v) is 14.9. The molecule has 0 aliphatic carbocycles. The second kappa shape index (κ2) is 7.78. The molecule has 9 heteroatoms. The SMILES string of the molecule is O=C(CCn1nnc2ccccc2c1=O)NCc1cccnc1-n1cccn1. The molecule has 1 amide bonds. The van der Waals surface area contributed by atoms with Crippen molar-refractivity contribution in [2.45, 2.75) is 19.5 Å². The third kappa shape index (κ3) is 3.63. The van der Waals surface area contributed by atoms with Crippen molar-refractivity contribution < 1.29 is 4.79 Å². The fourth-order valence-electron chi connectivity index (χ4n) is 2.83. The van der Waals surface area contributed by atoms with Crippen molar-refractivity contribution in [3.05, 3.63) is 77.0 Å². The highest BCUT2D eigenvalue weighted by Gasteiger charge is 2.10. The van der Waals surface area contributed by atoms with Gasteiger partial charge in [-0.1, -0.05) is 23.4 Å². The van der Waals surface area contributed by atoms with Crippen LogP contribution in [0.15, 0.2) is 65.8 Å². The fraction of sp³-hybridized carbons (Fsp3) is 0.158. The molecule has 0 aliphatic heterocycles. The average Bonchev–Trinajstić information content (AvgIpc) is 3.27. The minimum Gasteiger partial charge on any atom is -0.352 e. The van der Waals surface area contributed by atoms with Crippen LogP contribution in [0.4, 0.5) is 0 Å². The number of hydrogen-bond acceptors (Lipinski definition) is 6. The lowest BCUT2D eigenvalue weighted by molar-refractivity contribution is -0.121. The molecule has 0 atom stereocenters. The summed E-state index contributed by atoms with van der Waals surface area (Å²) in [5.74, 6) is 0.460. The van der Waals surface area contributed by atoms with E-state index in [2.05, 4.69) is 25.7 Å². The van der Waals surface area contributed by atoms with Crippen LogP contribution in [0.3, 0.4) is 0 Å². The van der Waals surface area contributed by atoms with E-state index >= 15 is 0 Å². The number of nitrogens with zero attached hydrogens (tertiary/aromatic N) is 6. The number of rotatable bonds is 6. The maximum atomic E-state index is 12.4. The van der Waals surface area contributed by atoms with E-state index < -0.39 is 0 Å². The van der Waals surface area contributed by atoms with Gasteiger partial charge in [0.15, 0.2) is 5.82 Å². The number of pyridine rings is 1. The van der Waals surface area contributed by atoms with Crippen LogP contribution in [-0.2, 0) is 17.9 Å². The summed E-state index contributed by atoms with van der Waals surface area (Å²) in [6.45, 7) is 0.460. The molecule has 0 unspecified atom stereocenters. The summed E-state index contributed by atoms with van der Waals surface area (Å²) in [4.78, 5) is 29.0. The van der Waals surface area contributed by atoms with Gasteiger partial charge in [0.25, 0.3) is 5.56 Å². The van der Waals surface area contributed by atoms with Crippen molar-refractivity contribution in [3.8, 4) is 5.82 Å². The largest absolute Gasteiger partial charge is 0.352 e. The smallest absolute Gasteiger partial charge is 0.277 e. The van der Waals surface area contributed by atoms with Gasteiger partial charge in [0.1, 0.15) is 5.52 Å². The molecular formula is C19H17N7O2. The van der Waals surface area contributed by atoms with Gasteiger partial charge < -0.3 is 5.32 Å². The van der Waals surface area contributed by atoms with E-state index in [1.807, 2.05) is 6.07 Å². The quantitative estimate of drug-likeness (QED) is 0.540. The fourth-order valence-corrected chi connectivity index (χ4v) is 2.83. The topological polar surface area (TPSA) is 108 Å². The molecule has 4 aromatic rings. The third-order valence-corrected chi connectivity index (χ3v) is 4.24. The Labute approximate surface area is 159 Å². The molecule has 4 rings (SSSR count). The van der Waals surface area contributed by atoms with E-state index in [9.17, 15) is 9.59 Å². The van der Waals surface area contributed by atoms with Crippen molar-refractivity contribution in [2.24, 2.45) is 0 Å². The summed E-state index contributed by atoms with van der Waals surface area (Å²) in [5, 5.41) is 15.4. The Balaban J connectivity index is 1.40. The molecule has 0 saturated carbocycles. The Morgan fingerprint density at radius 1 is 1.07 bits per heavy atom. The van der Waals surface area contributed by atoms with Crippen molar-refractivity contribution >= 4 is 16.8 Å². The summed E-state index contributed by atoms with van der Waals surface area (Å²) in [7, 11) is 0. The number of benzene rings is 1. The summed E-state index contributed by atoms with van der Waals surface area (Å²) >= 11 is 0. The number of carbonyl (C=O) groups is 1. The molecular weight excluding hydrogens is 358 g/mol. The maximum absolute atomic E-state index is 12.4. The van der Waals surface area contributed by atoms with Gasteiger partial charge in [-0.25, -0.2) is 14.3 Å². The van der Waals surface area contributed by atoms with Gasteiger partial charge in [0, 0.05) is 37.1 Å². The lowest BCUT2D eigenvalue weighted by Gasteiger charge is -2.10. The third-order valence-electron chi connectivity index (χ3n) is 4.24. The van der Waals surface area contributed by atoms with E-state index in [0.29, 0.717) is 23.3 Å². The van der Waals surface area contributed by atoms with Gasteiger partial charge in [-0.05, 0) is 24.3 Å². The van der Waals surface area contributed by atoms with Gasteiger partial charge in [-0.15, -0.1) is 5.10 Å². The molecule has 0 saturated heterocycles. The van der Waals surface area contributed by atoms with Crippen LogP contribution in [0.2, 0.25) is 0 Å². The zero-order valence-electron chi connectivity index (χ0n) is 14.9. The molecule has 0 aliphatic rings. The van der Waals surface area contributed by atoms with Crippen LogP contribution in [-0.4, -0.2) is 35.7 Å². The van der Waals surface area contributed by atoms with Crippen LogP contribution in [0.5, 0.6) is 0 Å². The van der Waals surface area contributed by atoms with Crippen molar-refractivity contribution in [1.82, 2.24) is 35.1 Å². The molecule has 140 valence electrons. The molecule has 0 fully saturated rings. The Hall–Kier alpha value is -3.88. The first-order valence-electron chi connectivity index (χ1n) is 8.75. The first kappa shape index (κ1) is 17.5. The summed E-state index contributed by atoms with van der Waals surface area (Å²) in [6.07, 6.45) is 5.25. The lowest BCUT2D eigenvalue weighted by atomic mass is 10.2.